The largest absolute Gasteiger partial charge is 0.489 e. The zero-order valence-electron chi connectivity index (χ0n) is 18.4. The number of pyridine rings is 1. The lowest BCUT2D eigenvalue weighted by molar-refractivity contribution is -0.143. The highest BCUT2D eigenvalue weighted by molar-refractivity contribution is 7.90. The van der Waals surface area contributed by atoms with E-state index in [4.69, 9.17) is 4.74 Å². The van der Waals surface area contributed by atoms with Crippen molar-refractivity contribution >= 4 is 15.8 Å². The fourth-order valence-corrected chi connectivity index (χ4v) is 4.22. The minimum Gasteiger partial charge on any atom is -0.489 e. The van der Waals surface area contributed by atoms with Gasteiger partial charge in [-0.3, -0.25) is 4.79 Å². The fraction of sp³-hybridized carbons (Fsp3) is 0.526. The molecule has 1 saturated carbocycles. The van der Waals surface area contributed by atoms with Gasteiger partial charge < -0.3 is 9.84 Å². The zero-order valence-corrected chi connectivity index (χ0v) is 19.2. The summed E-state index contributed by atoms with van der Waals surface area (Å²) in [5, 5.41) is 28.4. The monoisotopic (exact) mass is 476 g/mol. The van der Waals surface area contributed by atoms with Gasteiger partial charge in [0.15, 0.2) is 0 Å². The molecule has 13 nitrogen and oxygen atoms in total. The molecule has 4 rings (SSSR count). The van der Waals surface area contributed by atoms with Gasteiger partial charge in [0, 0.05) is 13.3 Å². The molecule has 1 aliphatic rings. The third-order valence-corrected chi connectivity index (χ3v) is 6.38. The van der Waals surface area contributed by atoms with Crippen LogP contribution in [-0.2, 0) is 28.2 Å². The van der Waals surface area contributed by atoms with Crippen molar-refractivity contribution in [1.29, 1.82) is 0 Å². The van der Waals surface area contributed by atoms with Crippen molar-refractivity contribution in [3.63, 3.8) is 0 Å². The summed E-state index contributed by atoms with van der Waals surface area (Å²) < 4.78 is 30.8. The average Bonchev–Trinajstić information content (AvgIpc) is 3.37. The number of carbonyl (C=O) groups is 1. The van der Waals surface area contributed by atoms with Gasteiger partial charge in [-0.25, -0.2) is 18.1 Å². The quantitative estimate of drug-likeness (QED) is 0.508. The van der Waals surface area contributed by atoms with Crippen molar-refractivity contribution in [3.05, 3.63) is 23.5 Å². The molecule has 1 N–H and O–H groups in total. The maximum absolute atomic E-state index is 11.6. The molecular formula is C19H24N8O5S. The van der Waals surface area contributed by atoms with Gasteiger partial charge in [-0.15, -0.1) is 10.2 Å². The molecule has 14 heteroatoms. The number of aryl methyl sites for hydroxylation is 2. The van der Waals surface area contributed by atoms with Crippen LogP contribution in [0.5, 0.6) is 5.75 Å². The summed E-state index contributed by atoms with van der Waals surface area (Å²) in [6.07, 6.45) is 3.61. The Hall–Kier alpha value is -3.42. The van der Waals surface area contributed by atoms with Gasteiger partial charge in [-0.1, -0.05) is 10.3 Å². The van der Waals surface area contributed by atoms with Crippen molar-refractivity contribution in [1.82, 2.24) is 40.2 Å². The predicted molar refractivity (Wildman–Crippen MR) is 113 cm³/mol. The second kappa shape index (κ2) is 8.84. The number of aliphatic carboxylic acids is 1. The molecule has 3 aromatic rings. The number of rotatable bonds is 7. The first-order chi connectivity index (χ1) is 15.6. The molecule has 3 heterocycles. The van der Waals surface area contributed by atoms with Crippen molar-refractivity contribution in [2.24, 2.45) is 13.0 Å². The first kappa shape index (κ1) is 22.8. The van der Waals surface area contributed by atoms with Gasteiger partial charge in [-0.05, 0) is 50.0 Å². The molecule has 0 bridgehead atoms. The lowest BCUT2D eigenvalue weighted by Crippen LogP contribution is -2.29. The summed E-state index contributed by atoms with van der Waals surface area (Å²) >= 11 is 0. The van der Waals surface area contributed by atoms with Crippen LogP contribution < -0.4 is 4.74 Å². The highest BCUT2D eigenvalue weighted by Crippen LogP contribution is 2.30. The molecule has 2 atom stereocenters. The van der Waals surface area contributed by atoms with Crippen LogP contribution in [-0.4, -0.2) is 72.0 Å². The van der Waals surface area contributed by atoms with E-state index in [1.54, 1.807) is 19.2 Å². The van der Waals surface area contributed by atoms with Crippen LogP contribution in [0.4, 0.5) is 0 Å². The fourth-order valence-electron chi connectivity index (χ4n) is 3.79. The van der Waals surface area contributed by atoms with Crippen LogP contribution in [0.3, 0.4) is 0 Å². The van der Waals surface area contributed by atoms with E-state index in [0.29, 0.717) is 41.4 Å². The first-order valence-electron chi connectivity index (χ1n) is 10.4. The van der Waals surface area contributed by atoms with E-state index in [-0.39, 0.29) is 23.7 Å². The Morgan fingerprint density at radius 3 is 2.70 bits per heavy atom. The van der Waals surface area contributed by atoms with Gasteiger partial charge in [0.1, 0.15) is 18.0 Å². The molecule has 0 spiro atoms. The summed E-state index contributed by atoms with van der Waals surface area (Å²) in [6.45, 7) is 1.91. The van der Waals surface area contributed by atoms with Crippen molar-refractivity contribution in [2.45, 2.75) is 50.4 Å². The third kappa shape index (κ3) is 4.99. The molecule has 0 amide bonds. The van der Waals surface area contributed by atoms with Crippen LogP contribution >= 0.6 is 0 Å². The Balaban J connectivity index is 1.54. The molecule has 1 fully saturated rings. The lowest BCUT2D eigenvalue weighted by Gasteiger charge is -2.27. The van der Waals surface area contributed by atoms with Crippen molar-refractivity contribution < 1.29 is 23.1 Å². The van der Waals surface area contributed by atoms with Gasteiger partial charge in [-0.2, -0.15) is 4.80 Å². The number of tetrazole rings is 1. The summed E-state index contributed by atoms with van der Waals surface area (Å²) in [7, 11) is -1.87. The van der Waals surface area contributed by atoms with E-state index in [1.165, 1.54) is 4.68 Å². The maximum atomic E-state index is 11.6. The van der Waals surface area contributed by atoms with Crippen LogP contribution in [0, 0.1) is 12.8 Å². The molecule has 0 saturated heterocycles. The summed E-state index contributed by atoms with van der Waals surface area (Å²) in [5.41, 5.74) is 2.30. The van der Waals surface area contributed by atoms with Crippen LogP contribution in [0.2, 0.25) is 0 Å². The minimum atomic E-state index is -3.57. The van der Waals surface area contributed by atoms with E-state index < -0.39 is 15.8 Å². The Morgan fingerprint density at radius 2 is 2.03 bits per heavy atom. The standard InChI is InChI=1S/C19H24N8O5S/c1-11-16(32-13-6-4-5-12(9-13)18(28)29)8-7-14(20-11)17-15(26(2)24-21-17)10-27-23-19(22-25-27)33(3,30)31/h7-8,12-13H,4-6,9-10H2,1-3H3,(H,28,29). The van der Waals surface area contributed by atoms with Crippen LogP contribution in [0.25, 0.3) is 11.4 Å². The number of ether oxygens (including phenoxy) is 1. The number of carboxylic acid groups (broad SMARTS) is 1. The predicted octanol–water partition coefficient (Wildman–Crippen LogP) is 0.646. The number of hydrogen-bond acceptors (Lipinski definition) is 10. The van der Waals surface area contributed by atoms with Gasteiger partial charge in [0.2, 0.25) is 9.84 Å². The molecule has 0 radical (unpaired) electrons. The first-order valence-corrected chi connectivity index (χ1v) is 12.2. The van der Waals surface area contributed by atoms with Crippen molar-refractivity contribution in [2.75, 3.05) is 6.26 Å². The number of hydrogen-bond donors (Lipinski definition) is 1. The molecule has 176 valence electrons. The molecule has 1 aliphatic carbocycles. The van der Waals surface area contributed by atoms with E-state index in [0.717, 1.165) is 23.9 Å². The SMILES string of the molecule is Cc1nc(-c2nnn(C)c2Cn2nnc(S(C)(=O)=O)n2)ccc1OC1CCCC(C(=O)O)C1. The second-order valence-electron chi connectivity index (χ2n) is 8.10. The summed E-state index contributed by atoms with van der Waals surface area (Å²) in [5.74, 6) is -0.572. The number of sulfone groups is 1. The highest BCUT2D eigenvalue weighted by atomic mass is 32.2. The van der Waals surface area contributed by atoms with E-state index in [1.807, 2.05) is 6.92 Å². The Kier molecular flexibility index (Phi) is 6.10. The summed E-state index contributed by atoms with van der Waals surface area (Å²) in [4.78, 5) is 17.1. The van der Waals surface area contributed by atoms with Crippen LogP contribution in [0.15, 0.2) is 17.3 Å². The maximum Gasteiger partial charge on any atom is 0.306 e. The van der Waals surface area contributed by atoms with Gasteiger partial charge in [0.05, 0.1) is 29.1 Å². The molecule has 33 heavy (non-hydrogen) atoms. The van der Waals surface area contributed by atoms with Gasteiger partial charge in [0.25, 0.3) is 5.16 Å². The average molecular weight is 477 g/mol. The molecule has 3 aromatic heterocycles. The normalized spacial score (nSPS) is 18.9. The molecule has 0 aliphatic heterocycles. The van der Waals surface area contributed by atoms with Gasteiger partial charge >= 0.3 is 5.97 Å². The third-order valence-electron chi connectivity index (χ3n) is 5.55. The molecule has 2 unspecified atom stereocenters. The zero-order chi connectivity index (χ0) is 23.8. The topological polar surface area (TPSA) is 168 Å². The van der Waals surface area contributed by atoms with Crippen LogP contribution in [0.1, 0.15) is 37.1 Å². The summed E-state index contributed by atoms with van der Waals surface area (Å²) in [6, 6.07) is 3.54. The Morgan fingerprint density at radius 1 is 1.24 bits per heavy atom. The highest BCUT2D eigenvalue weighted by Gasteiger charge is 2.28. The smallest absolute Gasteiger partial charge is 0.306 e. The molecule has 0 aromatic carbocycles. The number of carboxylic acids is 1. The minimum absolute atomic E-state index is 0.0962. The molecular weight excluding hydrogens is 452 g/mol. The number of aromatic nitrogens is 8. The lowest BCUT2D eigenvalue weighted by atomic mass is 9.87. The number of nitrogens with zero attached hydrogens (tertiary/aromatic N) is 8. The Bertz CT molecular complexity index is 1290. The van der Waals surface area contributed by atoms with E-state index >= 15 is 0 Å². The second-order valence-corrected chi connectivity index (χ2v) is 10.0. The Labute approximate surface area is 189 Å². The van der Waals surface area contributed by atoms with E-state index in [2.05, 4.69) is 30.7 Å². The van der Waals surface area contributed by atoms with Crippen molar-refractivity contribution in [3.8, 4) is 17.1 Å². The van der Waals surface area contributed by atoms with E-state index in [9.17, 15) is 18.3 Å².